The van der Waals surface area contributed by atoms with Gasteiger partial charge in [0.25, 0.3) is 10.0 Å². The van der Waals surface area contributed by atoms with Crippen molar-refractivity contribution in [2.75, 3.05) is 6.54 Å². The first-order valence-corrected chi connectivity index (χ1v) is 7.18. The average Bonchev–Trinajstić information content (AvgIpc) is 2.92. The molecule has 0 radical (unpaired) electrons. The summed E-state index contributed by atoms with van der Waals surface area (Å²) in [6, 6.07) is 9.43. The molecule has 3 rings (SSSR count). The maximum Gasteiger partial charge on any atom is 0.260 e. The molecular weight excluding hydrogens is 250 g/mol. The Morgan fingerprint density at radius 2 is 1.94 bits per heavy atom. The molecule has 94 valence electrons. The number of nitrogens with zero attached hydrogens (tertiary/aromatic N) is 2. The molecule has 0 atom stereocenters. The molecule has 0 saturated heterocycles. The normalized spacial score (nSPS) is 16.4. The van der Waals surface area contributed by atoms with Gasteiger partial charge in [0.15, 0.2) is 5.03 Å². The maximum absolute atomic E-state index is 12.3. The SMILES string of the molecule is O=S(=O)(c1ccn[nH]1)N1CCc2ccccc2C1. The highest BCUT2D eigenvalue weighted by molar-refractivity contribution is 7.89. The minimum Gasteiger partial charge on any atom is -0.266 e. The van der Waals surface area contributed by atoms with E-state index < -0.39 is 10.0 Å². The van der Waals surface area contributed by atoms with Crippen molar-refractivity contribution in [1.82, 2.24) is 14.5 Å². The van der Waals surface area contributed by atoms with Gasteiger partial charge in [-0.15, -0.1) is 0 Å². The second-order valence-electron chi connectivity index (χ2n) is 4.28. The first-order chi connectivity index (χ1) is 8.68. The average molecular weight is 263 g/mol. The lowest BCUT2D eigenvalue weighted by Gasteiger charge is -2.27. The number of hydrogen-bond donors (Lipinski definition) is 1. The fourth-order valence-electron chi connectivity index (χ4n) is 2.20. The molecular formula is C12H13N3O2S. The van der Waals surface area contributed by atoms with E-state index in [4.69, 9.17) is 0 Å². The van der Waals surface area contributed by atoms with E-state index in [0.717, 1.165) is 12.0 Å². The Kier molecular flexibility index (Phi) is 2.68. The van der Waals surface area contributed by atoms with Crippen LogP contribution < -0.4 is 0 Å². The Bertz CT molecular complexity index is 650. The monoisotopic (exact) mass is 263 g/mol. The molecule has 0 spiro atoms. The summed E-state index contributed by atoms with van der Waals surface area (Å²) in [5.74, 6) is 0. The number of aromatic nitrogens is 2. The molecule has 0 fully saturated rings. The molecule has 1 aromatic heterocycles. The summed E-state index contributed by atoms with van der Waals surface area (Å²) in [5, 5.41) is 6.37. The maximum atomic E-state index is 12.3. The van der Waals surface area contributed by atoms with Gasteiger partial charge in [-0.25, -0.2) is 8.42 Å². The van der Waals surface area contributed by atoms with Crippen molar-refractivity contribution in [3.8, 4) is 0 Å². The molecule has 0 aliphatic carbocycles. The lowest BCUT2D eigenvalue weighted by Crippen LogP contribution is -2.36. The summed E-state index contributed by atoms with van der Waals surface area (Å²) in [6.07, 6.45) is 2.20. The topological polar surface area (TPSA) is 66.1 Å². The minimum atomic E-state index is -3.45. The summed E-state index contributed by atoms with van der Waals surface area (Å²) >= 11 is 0. The van der Waals surface area contributed by atoms with Crippen LogP contribution >= 0.6 is 0 Å². The van der Waals surface area contributed by atoms with E-state index in [1.54, 1.807) is 0 Å². The summed E-state index contributed by atoms with van der Waals surface area (Å²) in [6.45, 7) is 0.940. The molecule has 6 heteroatoms. The number of nitrogens with one attached hydrogen (secondary N) is 1. The zero-order chi connectivity index (χ0) is 12.6. The Morgan fingerprint density at radius 1 is 1.17 bits per heavy atom. The van der Waals surface area contributed by atoms with Gasteiger partial charge in [-0.2, -0.15) is 9.40 Å². The molecule has 2 heterocycles. The predicted octanol–water partition coefficient (Wildman–Crippen LogP) is 1.16. The Labute approximate surface area is 105 Å². The van der Waals surface area contributed by atoms with Crippen molar-refractivity contribution in [2.45, 2.75) is 18.0 Å². The van der Waals surface area contributed by atoms with Crippen LogP contribution in [0.2, 0.25) is 0 Å². The van der Waals surface area contributed by atoms with E-state index in [9.17, 15) is 8.42 Å². The first kappa shape index (κ1) is 11.4. The molecule has 2 aromatic rings. The van der Waals surface area contributed by atoms with Crippen LogP contribution in [0, 0.1) is 0 Å². The zero-order valence-corrected chi connectivity index (χ0v) is 10.5. The molecule has 1 aliphatic heterocycles. The third-order valence-electron chi connectivity index (χ3n) is 3.19. The number of fused-ring (bicyclic) bond motifs is 1. The molecule has 1 aliphatic rings. The van der Waals surface area contributed by atoms with Gasteiger partial charge in [0, 0.05) is 13.1 Å². The smallest absolute Gasteiger partial charge is 0.260 e. The van der Waals surface area contributed by atoms with Crippen molar-refractivity contribution in [2.24, 2.45) is 0 Å². The highest BCUT2D eigenvalue weighted by Gasteiger charge is 2.28. The van der Waals surface area contributed by atoms with Gasteiger partial charge in [-0.05, 0) is 23.6 Å². The quantitative estimate of drug-likeness (QED) is 0.884. The Morgan fingerprint density at radius 3 is 2.67 bits per heavy atom. The van der Waals surface area contributed by atoms with Crippen molar-refractivity contribution >= 4 is 10.0 Å². The van der Waals surface area contributed by atoms with Crippen LogP contribution in [0.3, 0.4) is 0 Å². The first-order valence-electron chi connectivity index (χ1n) is 5.74. The molecule has 0 saturated carbocycles. The van der Waals surface area contributed by atoms with E-state index in [1.165, 1.54) is 22.1 Å². The third-order valence-corrected chi connectivity index (χ3v) is 4.96. The fraction of sp³-hybridized carbons (Fsp3) is 0.250. The lowest BCUT2D eigenvalue weighted by molar-refractivity contribution is 0.389. The number of aromatic amines is 1. The minimum absolute atomic E-state index is 0.155. The van der Waals surface area contributed by atoms with Gasteiger partial charge >= 0.3 is 0 Å². The summed E-state index contributed by atoms with van der Waals surface area (Å²) in [4.78, 5) is 0. The van der Waals surface area contributed by atoms with Gasteiger partial charge < -0.3 is 0 Å². The number of H-pyrrole nitrogens is 1. The lowest BCUT2D eigenvalue weighted by atomic mass is 10.0. The number of rotatable bonds is 2. The molecule has 0 amide bonds. The molecule has 18 heavy (non-hydrogen) atoms. The fourth-order valence-corrected chi connectivity index (χ4v) is 3.52. The second kappa shape index (κ2) is 4.22. The number of hydrogen-bond acceptors (Lipinski definition) is 3. The Hall–Kier alpha value is -1.66. The van der Waals surface area contributed by atoms with Gasteiger partial charge in [-0.1, -0.05) is 24.3 Å². The van der Waals surface area contributed by atoms with Crippen LogP contribution in [-0.4, -0.2) is 29.5 Å². The molecule has 1 N–H and O–H groups in total. The van der Waals surface area contributed by atoms with E-state index in [2.05, 4.69) is 16.3 Å². The van der Waals surface area contributed by atoms with Crippen LogP contribution in [0.25, 0.3) is 0 Å². The number of benzene rings is 1. The zero-order valence-electron chi connectivity index (χ0n) is 9.70. The van der Waals surface area contributed by atoms with Gasteiger partial charge in [0.05, 0.1) is 6.20 Å². The second-order valence-corrected chi connectivity index (χ2v) is 6.18. The van der Waals surface area contributed by atoms with Crippen LogP contribution in [0.5, 0.6) is 0 Å². The summed E-state index contributed by atoms with van der Waals surface area (Å²) in [7, 11) is -3.45. The molecule has 1 aromatic carbocycles. The standard InChI is InChI=1S/C12H13N3O2S/c16-18(17,12-5-7-13-14-12)15-8-6-10-3-1-2-4-11(10)9-15/h1-5,7H,6,8-9H2,(H,13,14). The van der Waals surface area contributed by atoms with Crippen molar-refractivity contribution in [3.63, 3.8) is 0 Å². The predicted molar refractivity (Wildman–Crippen MR) is 66.3 cm³/mol. The van der Waals surface area contributed by atoms with Crippen LogP contribution in [0.1, 0.15) is 11.1 Å². The number of sulfonamides is 1. The van der Waals surface area contributed by atoms with Crippen molar-refractivity contribution in [1.29, 1.82) is 0 Å². The van der Waals surface area contributed by atoms with E-state index >= 15 is 0 Å². The van der Waals surface area contributed by atoms with E-state index in [0.29, 0.717) is 13.1 Å². The highest BCUT2D eigenvalue weighted by Crippen LogP contribution is 2.23. The Balaban J connectivity index is 1.93. The molecule has 0 bridgehead atoms. The molecule has 5 nitrogen and oxygen atoms in total. The van der Waals surface area contributed by atoms with Gasteiger partial charge in [0.1, 0.15) is 0 Å². The third kappa shape index (κ3) is 1.83. The van der Waals surface area contributed by atoms with Crippen molar-refractivity contribution < 1.29 is 8.42 Å². The largest absolute Gasteiger partial charge is 0.266 e. The van der Waals surface area contributed by atoms with Crippen LogP contribution in [-0.2, 0) is 23.0 Å². The highest BCUT2D eigenvalue weighted by atomic mass is 32.2. The van der Waals surface area contributed by atoms with Crippen LogP contribution in [0.4, 0.5) is 0 Å². The van der Waals surface area contributed by atoms with Gasteiger partial charge in [0.2, 0.25) is 0 Å². The molecule has 0 unspecified atom stereocenters. The van der Waals surface area contributed by atoms with Gasteiger partial charge in [-0.3, -0.25) is 5.10 Å². The summed E-state index contributed by atoms with van der Waals surface area (Å²) in [5.41, 5.74) is 2.31. The van der Waals surface area contributed by atoms with Crippen LogP contribution in [0.15, 0.2) is 41.6 Å². The van der Waals surface area contributed by atoms with E-state index in [1.807, 2.05) is 18.2 Å². The van der Waals surface area contributed by atoms with Crippen molar-refractivity contribution in [3.05, 3.63) is 47.7 Å². The summed E-state index contributed by atoms with van der Waals surface area (Å²) < 4.78 is 26.1. The van der Waals surface area contributed by atoms with E-state index in [-0.39, 0.29) is 5.03 Å².